The predicted molar refractivity (Wildman–Crippen MR) is 79.7 cm³/mol. The molecule has 0 spiro atoms. The topological polar surface area (TPSA) is 53.6 Å². The predicted octanol–water partition coefficient (Wildman–Crippen LogP) is 0.746. The van der Waals surface area contributed by atoms with Crippen molar-refractivity contribution in [3.8, 4) is 0 Å². The zero-order chi connectivity index (χ0) is 14.2. The third-order valence-corrected chi connectivity index (χ3v) is 4.34. The fraction of sp³-hybridized carbons (Fsp3) is 0.933. The maximum Gasteiger partial charge on any atom is 0.234 e. The second kappa shape index (κ2) is 8.60. The number of amides is 1. The Morgan fingerprint density at radius 3 is 2.75 bits per heavy atom. The standard InChI is InChI=1S/C15H29N3O2/c1-20-10-9-18(11-14-7-4-8-16-14)12-15(19)17-13-5-2-3-6-13/h13-14,16H,2-12H2,1H3,(H,17,19). The Balaban J connectivity index is 1.73. The van der Waals surface area contributed by atoms with Crippen molar-refractivity contribution in [2.45, 2.75) is 50.6 Å². The van der Waals surface area contributed by atoms with Crippen LogP contribution in [0.25, 0.3) is 0 Å². The molecule has 1 unspecified atom stereocenters. The van der Waals surface area contributed by atoms with Gasteiger partial charge in [0.2, 0.25) is 5.91 Å². The number of rotatable bonds is 8. The highest BCUT2D eigenvalue weighted by atomic mass is 16.5. The molecule has 2 rings (SSSR count). The number of carbonyl (C=O) groups excluding carboxylic acids is 1. The van der Waals surface area contributed by atoms with Gasteiger partial charge in [0.15, 0.2) is 0 Å². The van der Waals surface area contributed by atoms with Gasteiger partial charge in [-0.05, 0) is 32.2 Å². The van der Waals surface area contributed by atoms with Crippen LogP contribution >= 0.6 is 0 Å². The van der Waals surface area contributed by atoms with Crippen LogP contribution in [0.5, 0.6) is 0 Å². The van der Waals surface area contributed by atoms with Gasteiger partial charge >= 0.3 is 0 Å². The second-order valence-corrected chi connectivity index (χ2v) is 6.07. The quantitative estimate of drug-likeness (QED) is 0.690. The first-order valence-electron chi connectivity index (χ1n) is 8.02. The molecule has 1 saturated heterocycles. The van der Waals surface area contributed by atoms with E-state index in [4.69, 9.17) is 4.74 Å². The summed E-state index contributed by atoms with van der Waals surface area (Å²) in [5.41, 5.74) is 0. The number of nitrogens with zero attached hydrogens (tertiary/aromatic N) is 1. The van der Waals surface area contributed by atoms with E-state index >= 15 is 0 Å². The van der Waals surface area contributed by atoms with E-state index in [1.165, 1.54) is 25.7 Å². The molecule has 1 saturated carbocycles. The average Bonchev–Trinajstić information content (AvgIpc) is 3.09. The largest absolute Gasteiger partial charge is 0.383 e. The van der Waals surface area contributed by atoms with E-state index in [0.717, 1.165) is 32.5 Å². The van der Waals surface area contributed by atoms with Gasteiger partial charge in [-0.1, -0.05) is 12.8 Å². The van der Waals surface area contributed by atoms with Gasteiger partial charge in [0, 0.05) is 32.3 Å². The highest BCUT2D eigenvalue weighted by Crippen LogP contribution is 2.17. The fourth-order valence-corrected chi connectivity index (χ4v) is 3.23. The van der Waals surface area contributed by atoms with Gasteiger partial charge in [0.05, 0.1) is 13.2 Å². The number of hydrogen-bond acceptors (Lipinski definition) is 4. The maximum atomic E-state index is 12.1. The van der Waals surface area contributed by atoms with E-state index < -0.39 is 0 Å². The van der Waals surface area contributed by atoms with E-state index in [0.29, 0.717) is 25.2 Å². The van der Waals surface area contributed by atoms with Crippen LogP contribution < -0.4 is 10.6 Å². The van der Waals surface area contributed by atoms with Crippen molar-refractivity contribution in [1.29, 1.82) is 0 Å². The monoisotopic (exact) mass is 283 g/mol. The third-order valence-electron chi connectivity index (χ3n) is 4.34. The van der Waals surface area contributed by atoms with Crippen LogP contribution in [0, 0.1) is 0 Å². The van der Waals surface area contributed by atoms with Crippen molar-refractivity contribution in [2.24, 2.45) is 0 Å². The zero-order valence-corrected chi connectivity index (χ0v) is 12.7. The Bertz CT molecular complexity index is 287. The molecule has 0 aromatic carbocycles. The van der Waals surface area contributed by atoms with Crippen molar-refractivity contribution < 1.29 is 9.53 Å². The minimum Gasteiger partial charge on any atom is -0.383 e. The van der Waals surface area contributed by atoms with Gasteiger partial charge in [0.25, 0.3) is 0 Å². The van der Waals surface area contributed by atoms with Crippen molar-refractivity contribution in [3.05, 3.63) is 0 Å². The molecule has 2 N–H and O–H groups in total. The van der Waals surface area contributed by atoms with Gasteiger partial charge in [-0.2, -0.15) is 0 Å². The lowest BCUT2D eigenvalue weighted by Gasteiger charge is -2.25. The normalized spacial score (nSPS) is 23.6. The van der Waals surface area contributed by atoms with E-state index in [2.05, 4.69) is 15.5 Å². The number of hydrogen-bond donors (Lipinski definition) is 2. The molecule has 1 heterocycles. The molecule has 1 atom stereocenters. The summed E-state index contributed by atoms with van der Waals surface area (Å²) < 4.78 is 5.16. The zero-order valence-electron chi connectivity index (χ0n) is 12.7. The van der Waals surface area contributed by atoms with E-state index in [1.807, 2.05) is 0 Å². The summed E-state index contributed by atoms with van der Waals surface area (Å²) in [5.74, 6) is 0.172. The molecule has 5 heteroatoms. The van der Waals surface area contributed by atoms with Crippen LogP contribution in [0.1, 0.15) is 38.5 Å². The van der Waals surface area contributed by atoms with E-state index in [-0.39, 0.29) is 5.91 Å². The van der Waals surface area contributed by atoms with Crippen molar-refractivity contribution in [1.82, 2.24) is 15.5 Å². The molecule has 116 valence electrons. The van der Waals surface area contributed by atoms with Crippen LogP contribution in [0.2, 0.25) is 0 Å². The molecule has 0 radical (unpaired) electrons. The Kier molecular flexibility index (Phi) is 6.76. The Morgan fingerprint density at radius 2 is 2.10 bits per heavy atom. The van der Waals surface area contributed by atoms with E-state index in [1.54, 1.807) is 7.11 Å². The van der Waals surface area contributed by atoms with Gasteiger partial charge in [-0.25, -0.2) is 0 Å². The first-order chi connectivity index (χ1) is 9.78. The maximum absolute atomic E-state index is 12.1. The van der Waals surface area contributed by atoms with Crippen LogP contribution in [-0.4, -0.2) is 62.8 Å². The second-order valence-electron chi connectivity index (χ2n) is 6.07. The molecule has 5 nitrogen and oxygen atoms in total. The number of methoxy groups -OCH3 is 1. The average molecular weight is 283 g/mol. The number of nitrogens with one attached hydrogen (secondary N) is 2. The molecule has 0 bridgehead atoms. The number of carbonyl (C=O) groups is 1. The smallest absolute Gasteiger partial charge is 0.234 e. The number of ether oxygens (including phenoxy) is 1. The molecule has 0 aromatic heterocycles. The molecule has 1 aliphatic carbocycles. The van der Waals surface area contributed by atoms with Gasteiger partial charge in [-0.3, -0.25) is 9.69 Å². The molecular formula is C15H29N3O2. The summed E-state index contributed by atoms with van der Waals surface area (Å²) in [7, 11) is 1.71. The molecule has 2 fully saturated rings. The minimum absolute atomic E-state index is 0.172. The van der Waals surface area contributed by atoms with Crippen molar-refractivity contribution in [2.75, 3.05) is 39.9 Å². The van der Waals surface area contributed by atoms with Crippen LogP contribution in [0.4, 0.5) is 0 Å². The summed E-state index contributed by atoms with van der Waals surface area (Å²) in [6.45, 7) is 4.06. The Labute approximate surface area is 122 Å². The van der Waals surface area contributed by atoms with Crippen LogP contribution in [0.3, 0.4) is 0 Å². The molecule has 1 aliphatic heterocycles. The minimum atomic E-state index is 0.172. The Morgan fingerprint density at radius 1 is 1.30 bits per heavy atom. The lowest BCUT2D eigenvalue weighted by Crippen LogP contribution is -2.46. The molecule has 20 heavy (non-hydrogen) atoms. The lowest BCUT2D eigenvalue weighted by molar-refractivity contribution is -0.123. The first-order valence-corrected chi connectivity index (χ1v) is 8.02. The summed E-state index contributed by atoms with van der Waals surface area (Å²) >= 11 is 0. The highest BCUT2D eigenvalue weighted by molar-refractivity contribution is 5.78. The van der Waals surface area contributed by atoms with Crippen LogP contribution in [-0.2, 0) is 9.53 Å². The summed E-state index contributed by atoms with van der Waals surface area (Å²) in [6, 6.07) is 0.947. The van der Waals surface area contributed by atoms with E-state index in [9.17, 15) is 4.79 Å². The highest BCUT2D eigenvalue weighted by Gasteiger charge is 2.21. The van der Waals surface area contributed by atoms with Gasteiger partial charge in [0.1, 0.15) is 0 Å². The Hall–Kier alpha value is -0.650. The molecule has 2 aliphatic rings. The molecule has 0 aromatic rings. The summed E-state index contributed by atoms with van der Waals surface area (Å²) in [4.78, 5) is 14.4. The fourth-order valence-electron chi connectivity index (χ4n) is 3.23. The molecule has 1 amide bonds. The van der Waals surface area contributed by atoms with Crippen molar-refractivity contribution in [3.63, 3.8) is 0 Å². The summed E-state index contributed by atoms with van der Waals surface area (Å²) in [6.07, 6.45) is 7.27. The van der Waals surface area contributed by atoms with Crippen molar-refractivity contribution >= 4 is 5.91 Å². The van der Waals surface area contributed by atoms with Gasteiger partial charge in [-0.15, -0.1) is 0 Å². The summed E-state index contributed by atoms with van der Waals surface area (Å²) in [5, 5.41) is 6.66. The molecular weight excluding hydrogens is 254 g/mol. The third kappa shape index (κ3) is 5.38. The van der Waals surface area contributed by atoms with Gasteiger partial charge < -0.3 is 15.4 Å². The van der Waals surface area contributed by atoms with Crippen LogP contribution in [0.15, 0.2) is 0 Å². The first kappa shape index (κ1) is 15.7. The lowest BCUT2D eigenvalue weighted by atomic mass is 10.2. The SMILES string of the molecule is COCCN(CC(=O)NC1CCCC1)CC1CCCN1.